The molecule has 0 aliphatic carbocycles. The van der Waals surface area contributed by atoms with Crippen LogP contribution in [-0.4, -0.2) is 10.9 Å². The van der Waals surface area contributed by atoms with Gasteiger partial charge in [0.2, 0.25) is 0 Å². The number of aryl methyl sites for hydroxylation is 1. The predicted molar refractivity (Wildman–Crippen MR) is 76.8 cm³/mol. The number of thiophene rings is 1. The average Bonchev–Trinajstić information content (AvgIpc) is 2.78. The lowest BCUT2D eigenvalue weighted by molar-refractivity contribution is 0.0955. The molecule has 2 aromatic rings. The predicted octanol–water partition coefficient (Wildman–Crippen LogP) is 3.40. The maximum Gasteiger partial charge on any atom is 0.261 e. The number of aromatic nitrogens is 1. The van der Waals surface area contributed by atoms with Crippen molar-refractivity contribution in [2.75, 3.05) is 0 Å². The fourth-order valence-electron chi connectivity index (χ4n) is 1.53. The van der Waals surface area contributed by atoms with Gasteiger partial charge in [-0.05, 0) is 40.0 Å². The Morgan fingerprint density at radius 3 is 3.00 bits per heavy atom. The molecule has 2 aromatic heterocycles. The largest absolute Gasteiger partial charge is 0.347 e. The lowest BCUT2D eigenvalue weighted by atomic mass is 10.3. The molecule has 0 bridgehead atoms. The maximum absolute atomic E-state index is 12.0. The van der Waals surface area contributed by atoms with Gasteiger partial charge in [-0.3, -0.25) is 9.78 Å². The molecule has 3 nitrogen and oxygen atoms in total. The van der Waals surface area contributed by atoms with Crippen LogP contribution in [0, 0.1) is 0 Å². The fraction of sp³-hybridized carbons (Fsp3) is 0.231. The highest BCUT2D eigenvalue weighted by molar-refractivity contribution is 9.10. The summed E-state index contributed by atoms with van der Waals surface area (Å²) in [5.74, 6) is -0.0377. The van der Waals surface area contributed by atoms with E-state index < -0.39 is 0 Å². The molecule has 0 aromatic carbocycles. The number of pyridine rings is 1. The number of halogens is 1. The van der Waals surface area contributed by atoms with Crippen molar-refractivity contribution in [3.05, 3.63) is 50.4 Å². The van der Waals surface area contributed by atoms with Crippen LogP contribution in [0.2, 0.25) is 0 Å². The molecule has 0 saturated carbocycles. The zero-order valence-corrected chi connectivity index (χ0v) is 12.3. The topological polar surface area (TPSA) is 42.0 Å². The van der Waals surface area contributed by atoms with Crippen molar-refractivity contribution in [3.8, 4) is 0 Å². The average molecular weight is 325 g/mol. The quantitative estimate of drug-likeness (QED) is 0.936. The van der Waals surface area contributed by atoms with E-state index in [2.05, 4.69) is 33.2 Å². The molecule has 0 radical (unpaired) electrons. The number of carbonyl (C=O) groups is 1. The molecule has 0 unspecified atom stereocenters. The highest BCUT2D eigenvalue weighted by Crippen LogP contribution is 2.27. The Morgan fingerprint density at radius 1 is 1.56 bits per heavy atom. The van der Waals surface area contributed by atoms with Crippen LogP contribution >= 0.6 is 27.3 Å². The second-order valence-electron chi connectivity index (χ2n) is 3.78. The Labute approximate surface area is 118 Å². The van der Waals surface area contributed by atoms with E-state index in [1.54, 1.807) is 12.4 Å². The molecule has 0 fully saturated rings. The number of nitrogens with one attached hydrogen (secondary N) is 1. The Hall–Kier alpha value is -1.20. The van der Waals surface area contributed by atoms with Crippen molar-refractivity contribution < 1.29 is 4.79 Å². The minimum Gasteiger partial charge on any atom is -0.347 e. The first-order valence-corrected chi connectivity index (χ1v) is 7.27. The molecule has 2 rings (SSSR count). The molecule has 18 heavy (non-hydrogen) atoms. The van der Waals surface area contributed by atoms with Crippen LogP contribution in [0.4, 0.5) is 0 Å². The third-order valence-electron chi connectivity index (χ3n) is 2.48. The summed E-state index contributed by atoms with van der Waals surface area (Å²) in [4.78, 5) is 17.9. The van der Waals surface area contributed by atoms with E-state index in [4.69, 9.17) is 0 Å². The number of carbonyl (C=O) groups excluding carboxylic acids is 1. The van der Waals surface area contributed by atoms with E-state index in [1.165, 1.54) is 16.2 Å². The van der Waals surface area contributed by atoms with Gasteiger partial charge in [0.15, 0.2) is 0 Å². The minimum atomic E-state index is -0.0377. The highest BCUT2D eigenvalue weighted by Gasteiger charge is 2.11. The van der Waals surface area contributed by atoms with E-state index in [-0.39, 0.29) is 5.91 Å². The number of amides is 1. The van der Waals surface area contributed by atoms with Crippen LogP contribution in [0.15, 0.2) is 35.1 Å². The molecular formula is C13H13BrN2OS. The molecule has 0 aliphatic rings. The summed E-state index contributed by atoms with van der Waals surface area (Å²) in [6, 6.07) is 5.68. The van der Waals surface area contributed by atoms with Gasteiger partial charge in [-0.25, -0.2) is 0 Å². The summed E-state index contributed by atoms with van der Waals surface area (Å²) in [6.45, 7) is 2.58. The molecule has 5 heteroatoms. The van der Waals surface area contributed by atoms with Crippen LogP contribution in [0.3, 0.4) is 0 Å². The van der Waals surface area contributed by atoms with Gasteiger partial charge in [-0.1, -0.05) is 13.0 Å². The van der Waals surface area contributed by atoms with Crippen LogP contribution < -0.4 is 5.32 Å². The SMILES string of the molecule is CCc1sc(C(=O)NCc2cccnc2)cc1Br. The lowest BCUT2D eigenvalue weighted by Crippen LogP contribution is -2.21. The normalized spacial score (nSPS) is 10.3. The molecule has 0 saturated heterocycles. The van der Waals surface area contributed by atoms with E-state index in [1.807, 2.05) is 18.2 Å². The van der Waals surface area contributed by atoms with Crippen LogP contribution in [0.5, 0.6) is 0 Å². The highest BCUT2D eigenvalue weighted by atomic mass is 79.9. The third kappa shape index (κ3) is 3.17. The first-order chi connectivity index (χ1) is 8.70. The van der Waals surface area contributed by atoms with Gasteiger partial charge >= 0.3 is 0 Å². The van der Waals surface area contributed by atoms with Gasteiger partial charge in [0, 0.05) is 28.3 Å². The zero-order chi connectivity index (χ0) is 13.0. The standard InChI is InChI=1S/C13H13BrN2OS/c1-2-11-10(14)6-12(18-11)13(17)16-8-9-4-3-5-15-7-9/h3-7H,2,8H2,1H3,(H,16,17). The Balaban J connectivity index is 1.99. The number of nitrogens with zero attached hydrogens (tertiary/aromatic N) is 1. The number of hydrogen-bond donors (Lipinski definition) is 1. The van der Waals surface area contributed by atoms with Crippen molar-refractivity contribution in [3.63, 3.8) is 0 Å². The summed E-state index contributed by atoms with van der Waals surface area (Å²) in [6.07, 6.45) is 4.40. The first kappa shape index (κ1) is 13.2. The van der Waals surface area contributed by atoms with Crippen LogP contribution in [0.25, 0.3) is 0 Å². The number of rotatable bonds is 4. The summed E-state index contributed by atoms with van der Waals surface area (Å²) >= 11 is 4.99. The van der Waals surface area contributed by atoms with Crippen molar-refractivity contribution >= 4 is 33.2 Å². The molecule has 1 amide bonds. The van der Waals surface area contributed by atoms with Gasteiger partial charge in [0.05, 0.1) is 4.88 Å². The van der Waals surface area contributed by atoms with Gasteiger partial charge in [-0.2, -0.15) is 0 Å². The van der Waals surface area contributed by atoms with E-state index in [0.717, 1.165) is 21.3 Å². The Bertz CT molecular complexity index is 539. The van der Waals surface area contributed by atoms with Crippen LogP contribution in [0.1, 0.15) is 27.0 Å². The van der Waals surface area contributed by atoms with E-state index in [0.29, 0.717) is 6.54 Å². The van der Waals surface area contributed by atoms with Gasteiger partial charge in [-0.15, -0.1) is 11.3 Å². The fourth-order valence-corrected chi connectivity index (χ4v) is 3.34. The van der Waals surface area contributed by atoms with E-state index in [9.17, 15) is 4.79 Å². The van der Waals surface area contributed by atoms with Crippen molar-refractivity contribution in [2.45, 2.75) is 19.9 Å². The Morgan fingerprint density at radius 2 is 2.39 bits per heavy atom. The first-order valence-electron chi connectivity index (χ1n) is 5.66. The summed E-state index contributed by atoms with van der Waals surface area (Å²) in [5.41, 5.74) is 0.997. The van der Waals surface area contributed by atoms with Crippen LogP contribution in [-0.2, 0) is 13.0 Å². The molecular weight excluding hydrogens is 312 g/mol. The molecule has 1 N–H and O–H groups in total. The van der Waals surface area contributed by atoms with E-state index >= 15 is 0 Å². The molecule has 0 spiro atoms. The van der Waals surface area contributed by atoms with Gasteiger partial charge < -0.3 is 5.32 Å². The van der Waals surface area contributed by atoms with Crippen molar-refractivity contribution in [2.24, 2.45) is 0 Å². The lowest BCUT2D eigenvalue weighted by Gasteiger charge is -2.02. The molecule has 94 valence electrons. The monoisotopic (exact) mass is 324 g/mol. The van der Waals surface area contributed by atoms with Crippen molar-refractivity contribution in [1.82, 2.24) is 10.3 Å². The summed E-state index contributed by atoms with van der Waals surface area (Å²) < 4.78 is 1.02. The summed E-state index contributed by atoms with van der Waals surface area (Å²) in [5, 5.41) is 2.89. The smallest absolute Gasteiger partial charge is 0.261 e. The molecule has 2 heterocycles. The van der Waals surface area contributed by atoms with Gasteiger partial charge in [0.1, 0.15) is 0 Å². The zero-order valence-electron chi connectivity index (χ0n) is 9.94. The third-order valence-corrected chi connectivity index (χ3v) is 4.73. The van der Waals surface area contributed by atoms with Gasteiger partial charge in [0.25, 0.3) is 5.91 Å². The Kier molecular flexibility index (Phi) is 4.49. The second-order valence-corrected chi connectivity index (χ2v) is 5.77. The maximum atomic E-state index is 12.0. The molecule has 0 atom stereocenters. The number of hydrogen-bond acceptors (Lipinski definition) is 3. The van der Waals surface area contributed by atoms with Crippen molar-refractivity contribution in [1.29, 1.82) is 0 Å². The minimum absolute atomic E-state index is 0.0377. The summed E-state index contributed by atoms with van der Waals surface area (Å²) in [7, 11) is 0. The molecule has 0 aliphatic heterocycles. The second kappa shape index (κ2) is 6.11.